The van der Waals surface area contributed by atoms with E-state index in [1.165, 1.54) is 0 Å². The Morgan fingerprint density at radius 3 is 2.76 bits per heavy atom. The van der Waals surface area contributed by atoms with Crippen LogP contribution in [0.5, 0.6) is 0 Å². The van der Waals surface area contributed by atoms with E-state index in [0.29, 0.717) is 6.54 Å². The molecule has 108 valence electrons. The Morgan fingerprint density at radius 1 is 1.19 bits per heavy atom. The molecule has 0 bridgehead atoms. The lowest BCUT2D eigenvalue weighted by molar-refractivity contribution is 0.494. The molecule has 0 spiro atoms. The van der Waals surface area contributed by atoms with Crippen molar-refractivity contribution >= 4 is 5.95 Å². The molecule has 0 saturated carbocycles. The fourth-order valence-corrected chi connectivity index (χ4v) is 2.11. The molecule has 3 heterocycles. The van der Waals surface area contributed by atoms with Crippen molar-refractivity contribution in [3.05, 3.63) is 48.6 Å². The van der Waals surface area contributed by atoms with Gasteiger partial charge in [0, 0.05) is 19.8 Å². The van der Waals surface area contributed by atoms with E-state index in [-0.39, 0.29) is 0 Å². The van der Waals surface area contributed by atoms with Crippen LogP contribution in [-0.4, -0.2) is 33.3 Å². The molecular formula is C15H17N5O. The Labute approximate surface area is 123 Å². The maximum Gasteiger partial charge on any atom is 0.227 e. The number of hydrogen-bond acceptors (Lipinski definition) is 5. The van der Waals surface area contributed by atoms with Crippen molar-refractivity contribution in [2.24, 2.45) is 0 Å². The van der Waals surface area contributed by atoms with Gasteiger partial charge in [-0.15, -0.1) is 10.2 Å². The van der Waals surface area contributed by atoms with Gasteiger partial charge in [0.15, 0.2) is 5.82 Å². The molecule has 0 aliphatic heterocycles. The van der Waals surface area contributed by atoms with E-state index >= 15 is 0 Å². The fraction of sp³-hybridized carbons (Fsp3) is 0.267. The number of aromatic nitrogens is 4. The quantitative estimate of drug-likeness (QED) is 0.719. The highest BCUT2D eigenvalue weighted by atomic mass is 16.3. The van der Waals surface area contributed by atoms with Crippen molar-refractivity contribution in [1.82, 2.24) is 19.7 Å². The van der Waals surface area contributed by atoms with Crippen molar-refractivity contribution < 1.29 is 4.42 Å². The van der Waals surface area contributed by atoms with Crippen molar-refractivity contribution in [2.45, 2.75) is 13.5 Å². The minimum absolute atomic E-state index is 0.575. The van der Waals surface area contributed by atoms with Gasteiger partial charge in [0.2, 0.25) is 5.95 Å². The zero-order valence-electron chi connectivity index (χ0n) is 12.1. The van der Waals surface area contributed by atoms with Gasteiger partial charge < -0.3 is 9.32 Å². The first-order valence-electron chi connectivity index (χ1n) is 6.87. The third-order valence-electron chi connectivity index (χ3n) is 3.34. The summed E-state index contributed by atoms with van der Waals surface area (Å²) in [7, 11) is 1.99. The SMILES string of the molecule is CCN(C)c1nnc(-c2ccccn2)n1Cc1ccco1. The van der Waals surface area contributed by atoms with Crippen LogP contribution in [0.25, 0.3) is 11.5 Å². The zero-order chi connectivity index (χ0) is 14.7. The maximum atomic E-state index is 5.45. The van der Waals surface area contributed by atoms with Crippen LogP contribution in [0.4, 0.5) is 5.95 Å². The number of nitrogens with zero attached hydrogens (tertiary/aromatic N) is 5. The summed E-state index contributed by atoms with van der Waals surface area (Å²) in [6, 6.07) is 9.58. The molecule has 0 aromatic carbocycles. The second kappa shape index (κ2) is 5.78. The number of rotatable bonds is 5. The van der Waals surface area contributed by atoms with Crippen LogP contribution >= 0.6 is 0 Å². The lowest BCUT2D eigenvalue weighted by Crippen LogP contribution is -2.21. The second-order valence-electron chi connectivity index (χ2n) is 4.72. The normalized spacial score (nSPS) is 10.8. The molecule has 0 fully saturated rings. The Balaban J connectivity index is 2.06. The van der Waals surface area contributed by atoms with Gasteiger partial charge >= 0.3 is 0 Å². The molecule has 6 nitrogen and oxygen atoms in total. The average Bonchev–Trinajstić information content (AvgIpc) is 3.18. The summed E-state index contributed by atoms with van der Waals surface area (Å²) in [6.45, 7) is 3.50. The minimum atomic E-state index is 0.575. The molecular weight excluding hydrogens is 266 g/mol. The average molecular weight is 283 g/mol. The standard InChI is InChI=1S/C15H17N5O/c1-3-19(2)15-18-17-14(13-8-4-5-9-16-13)20(15)11-12-7-6-10-21-12/h4-10H,3,11H2,1-2H3. The molecule has 0 radical (unpaired) electrons. The van der Waals surface area contributed by atoms with Gasteiger partial charge in [-0.05, 0) is 31.2 Å². The van der Waals surface area contributed by atoms with Gasteiger partial charge in [-0.3, -0.25) is 9.55 Å². The molecule has 0 aliphatic carbocycles. The van der Waals surface area contributed by atoms with E-state index in [0.717, 1.165) is 29.8 Å². The largest absolute Gasteiger partial charge is 0.467 e. The van der Waals surface area contributed by atoms with Gasteiger partial charge in [-0.2, -0.15) is 0 Å². The summed E-state index contributed by atoms with van der Waals surface area (Å²) in [5.74, 6) is 2.40. The highest BCUT2D eigenvalue weighted by molar-refractivity contribution is 5.52. The highest BCUT2D eigenvalue weighted by Gasteiger charge is 2.18. The third kappa shape index (κ3) is 2.65. The Bertz CT molecular complexity index is 690. The summed E-state index contributed by atoms with van der Waals surface area (Å²) in [4.78, 5) is 6.41. The molecule has 0 amide bonds. The fourth-order valence-electron chi connectivity index (χ4n) is 2.11. The number of hydrogen-bond donors (Lipinski definition) is 0. The Hall–Kier alpha value is -2.63. The first-order chi connectivity index (χ1) is 10.3. The van der Waals surface area contributed by atoms with E-state index in [4.69, 9.17) is 4.42 Å². The predicted octanol–water partition coefficient (Wildman–Crippen LogP) is 2.44. The van der Waals surface area contributed by atoms with Crippen LogP contribution in [0.1, 0.15) is 12.7 Å². The van der Waals surface area contributed by atoms with Gasteiger partial charge in [0.1, 0.15) is 11.5 Å². The molecule has 3 rings (SSSR count). The van der Waals surface area contributed by atoms with E-state index in [2.05, 4.69) is 22.1 Å². The Kier molecular flexibility index (Phi) is 3.68. The predicted molar refractivity (Wildman–Crippen MR) is 80.0 cm³/mol. The molecule has 0 aliphatic rings. The summed E-state index contributed by atoms with van der Waals surface area (Å²) in [6.07, 6.45) is 3.42. The minimum Gasteiger partial charge on any atom is -0.467 e. The van der Waals surface area contributed by atoms with Crippen molar-refractivity contribution in [2.75, 3.05) is 18.5 Å². The van der Waals surface area contributed by atoms with E-state index in [1.54, 1.807) is 12.5 Å². The van der Waals surface area contributed by atoms with Crippen LogP contribution < -0.4 is 4.90 Å². The van der Waals surface area contributed by atoms with E-state index in [9.17, 15) is 0 Å². The lowest BCUT2D eigenvalue weighted by atomic mass is 10.3. The molecule has 0 N–H and O–H groups in total. The van der Waals surface area contributed by atoms with Crippen LogP contribution in [0.3, 0.4) is 0 Å². The van der Waals surface area contributed by atoms with Crippen LogP contribution in [0.15, 0.2) is 47.2 Å². The summed E-state index contributed by atoms with van der Waals surface area (Å²) in [5.41, 5.74) is 0.798. The summed E-state index contributed by atoms with van der Waals surface area (Å²) >= 11 is 0. The van der Waals surface area contributed by atoms with E-state index < -0.39 is 0 Å². The number of pyridine rings is 1. The molecule has 3 aromatic rings. The summed E-state index contributed by atoms with van der Waals surface area (Å²) < 4.78 is 7.47. The van der Waals surface area contributed by atoms with Crippen molar-refractivity contribution in [3.8, 4) is 11.5 Å². The van der Waals surface area contributed by atoms with Gasteiger partial charge in [0.25, 0.3) is 0 Å². The topological polar surface area (TPSA) is 60.0 Å². The Morgan fingerprint density at radius 2 is 2.10 bits per heavy atom. The van der Waals surface area contributed by atoms with E-state index in [1.807, 2.05) is 46.8 Å². The van der Waals surface area contributed by atoms with Crippen LogP contribution in [0, 0.1) is 0 Å². The van der Waals surface area contributed by atoms with Gasteiger partial charge in [0.05, 0.1) is 12.8 Å². The zero-order valence-corrected chi connectivity index (χ0v) is 12.1. The molecule has 21 heavy (non-hydrogen) atoms. The van der Waals surface area contributed by atoms with Crippen LogP contribution in [-0.2, 0) is 6.54 Å². The first-order valence-corrected chi connectivity index (χ1v) is 6.87. The summed E-state index contributed by atoms with van der Waals surface area (Å²) in [5, 5.41) is 8.60. The third-order valence-corrected chi connectivity index (χ3v) is 3.34. The maximum absolute atomic E-state index is 5.45. The van der Waals surface area contributed by atoms with Crippen molar-refractivity contribution in [3.63, 3.8) is 0 Å². The van der Waals surface area contributed by atoms with Crippen LogP contribution in [0.2, 0.25) is 0 Å². The van der Waals surface area contributed by atoms with Crippen molar-refractivity contribution in [1.29, 1.82) is 0 Å². The number of furan rings is 1. The number of anilines is 1. The lowest BCUT2D eigenvalue weighted by Gasteiger charge is -2.17. The molecule has 3 aromatic heterocycles. The molecule has 0 atom stereocenters. The molecule has 0 saturated heterocycles. The monoisotopic (exact) mass is 283 g/mol. The molecule has 0 unspecified atom stereocenters. The van der Waals surface area contributed by atoms with Gasteiger partial charge in [-0.1, -0.05) is 6.07 Å². The second-order valence-corrected chi connectivity index (χ2v) is 4.72. The molecule has 6 heteroatoms. The smallest absolute Gasteiger partial charge is 0.227 e. The first kappa shape index (κ1) is 13.4. The highest BCUT2D eigenvalue weighted by Crippen LogP contribution is 2.22. The van der Waals surface area contributed by atoms with Gasteiger partial charge in [-0.25, -0.2) is 0 Å².